The molecule has 2 N–H and O–H groups in total. The number of hydrogen-bond acceptors (Lipinski definition) is 2. The highest BCUT2D eigenvalue weighted by molar-refractivity contribution is 6.39. The Morgan fingerprint density at radius 3 is 2.68 bits per heavy atom. The summed E-state index contributed by atoms with van der Waals surface area (Å²) >= 11 is 12.2. The molecule has 1 saturated heterocycles. The van der Waals surface area contributed by atoms with E-state index in [-0.39, 0.29) is 18.1 Å². The maximum atomic E-state index is 12.2. The van der Waals surface area contributed by atoms with Crippen LogP contribution >= 0.6 is 23.2 Å². The average Bonchev–Trinajstić information content (AvgIpc) is 3.14. The summed E-state index contributed by atoms with van der Waals surface area (Å²) in [6.45, 7) is 1.51. The molecule has 1 fully saturated rings. The molecule has 3 rings (SSSR count). The molecule has 0 unspecified atom stereocenters. The standard InChI is InChI=1S/C15H15Cl2N3O2/c16-9-3-4-11-10(7-9)13(17)14(19-11)15(22)18-8-12(21)20-5-1-2-6-20/h3-4,7,19H,1-2,5-6,8H2,(H,18,22). The Morgan fingerprint density at radius 2 is 1.95 bits per heavy atom. The van der Waals surface area contributed by atoms with Gasteiger partial charge in [-0.25, -0.2) is 0 Å². The second-order valence-electron chi connectivity index (χ2n) is 5.27. The molecule has 1 aromatic heterocycles. The molecule has 1 aromatic carbocycles. The van der Waals surface area contributed by atoms with Gasteiger partial charge in [-0.3, -0.25) is 9.59 Å². The van der Waals surface area contributed by atoms with E-state index in [1.54, 1.807) is 23.1 Å². The number of aromatic amines is 1. The van der Waals surface area contributed by atoms with Gasteiger partial charge in [0.1, 0.15) is 5.69 Å². The number of halogens is 2. The SMILES string of the molecule is O=C(NCC(=O)N1CCCC1)c1[nH]c2ccc(Cl)cc2c1Cl. The first-order valence-corrected chi connectivity index (χ1v) is 7.84. The summed E-state index contributed by atoms with van der Waals surface area (Å²) in [5, 5.41) is 4.15. The maximum Gasteiger partial charge on any atom is 0.269 e. The van der Waals surface area contributed by atoms with Crippen LogP contribution in [0.1, 0.15) is 23.3 Å². The highest BCUT2D eigenvalue weighted by atomic mass is 35.5. The van der Waals surface area contributed by atoms with Crippen LogP contribution in [0.15, 0.2) is 18.2 Å². The predicted molar refractivity (Wildman–Crippen MR) is 86.5 cm³/mol. The molecule has 0 aliphatic carbocycles. The molecule has 0 radical (unpaired) electrons. The molecule has 7 heteroatoms. The smallest absolute Gasteiger partial charge is 0.269 e. The first-order chi connectivity index (χ1) is 10.6. The van der Waals surface area contributed by atoms with Crippen LogP contribution in [0.2, 0.25) is 10.0 Å². The summed E-state index contributed by atoms with van der Waals surface area (Å²) in [6, 6.07) is 5.17. The second-order valence-corrected chi connectivity index (χ2v) is 6.09. The van der Waals surface area contributed by atoms with E-state index in [1.807, 2.05) is 0 Å². The van der Waals surface area contributed by atoms with E-state index in [0.717, 1.165) is 31.4 Å². The lowest BCUT2D eigenvalue weighted by Gasteiger charge is -2.15. The minimum Gasteiger partial charge on any atom is -0.349 e. The number of aromatic nitrogens is 1. The van der Waals surface area contributed by atoms with Crippen LogP contribution in [0, 0.1) is 0 Å². The van der Waals surface area contributed by atoms with Crippen molar-refractivity contribution in [3.8, 4) is 0 Å². The number of nitrogens with one attached hydrogen (secondary N) is 2. The van der Waals surface area contributed by atoms with Gasteiger partial charge in [-0.2, -0.15) is 0 Å². The largest absolute Gasteiger partial charge is 0.349 e. The zero-order valence-electron chi connectivity index (χ0n) is 11.8. The number of hydrogen-bond donors (Lipinski definition) is 2. The van der Waals surface area contributed by atoms with Gasteiger partial charge in [0.25, 0.3) is 5.91 Å². The molecule has 116 valence electrons. The Labute approximate surface area is 137 Å². The Kier molecular flexibility index (Phi) is 4.27. The average molecular weight is 340 g/mol. The van der Waals surface area contributed by atoms with Gasteiger partial charge in [0.2, 0.25) is 5.91 Å². The fourth-order valence-corrected chi connectivity index (χ4v) is 3.07. The monoisotopic (exact) mass is 339 g/mol. The minimum absolute atomic E-state index is 0.0225. The number of fused-ring (bicyclic) bond motifs is 1. The van der Waals surface area contributed by atoms with Crippen molar-refractivity contribution in [3.63, 3.8) is 0 Å². The summed E-state index contributed by atoms with van der Waals surface area (Å²) in [5.74, 6) is -0.467. The third-order valence-electron chi connectivity index (χ3n) is 3.78. The highest BCUT2D eigenvalue weighted by Crippen LogP contribution is 2.29. The molecule has 1 aliphatic heterocycles. The summed E-state index contributed by atoms with van der Waals surface area (Å²) in [5.41, 5.74) is 0.971. The lowest BCUT2D eigenvalue weighted by atomic mass is 10.2. The Bertz CT molecular complexity index is 736. The predicted octanol–water partition coefficient (Wildman–Crippen LogP) is 2.83. The van der Waals surface area contributed by atoms with Crippen LogP contribution in [-0.2, 0) is 4.79 Å². The van der Waals surface area contributed by atoms with Gasteiger partial charge in [-0.15, -0.1) is 0 Å². The van der Waals surface area contributed by atoms with E-state index in [9.17, 15) is 9.59 Å². The number of amides is 2. The number of likely N-dealkylation sites (tertiary alicyclic amines) is 1. The quantitative estimate of drug-likeness (QED) is 0.902. The molecule has 5 nitrogen and oxygen atoms in total. The van der Waals surface area contributed by atoms with Gasteiger partial charge >= 0.3 is 0 Å². The molecule has 0 saturated carbocycles. The number of benzene rings is 1. The van der Waals surface area contributed by atoms with E-state index in [4.69, 9.17) is 23.2 Å². The number of carbonyl (C=O) groups excluding carboxylic acids is 2. The third-order valence-corrected chi connectivity index (χ3v) is 4.41. The van der Waals surface area contributed by atoms with Crippen LogP contribution < -0.4 is 5.32 Å². The molecule has 2 aromatic rings. The van der Waals surface area contributed by atoms with Gasteiger partial charge in [0.05, 0.1) is 11.6 Å². The fraction of sp³-hybridized carbons (Fsp3) is 0.333. The zero-order valence-corrected chi connectivity index (χ0v) is 13.3. The van der Waals surface area contributed by atoms with E-state index in [1.165, 1.54) is 0 Å². The second kappa shape index (κ2) is 6.18. The normalized spacial score (nSPS) is 14.5. The molecular weight excluding hydrogens is 325 g/mol. The van der Waals surface area contributed by atoms with Crippen molar-refractivity contribution >= 4 is 45.9 Å². The van der Waals surface area contributed by atoms with Gasteiger partial charge in [0, 0.05) is 29.0 Å². The molecule has 2 amide bonds. The molecule has 0 atom stereocenters. The highest BCUT2D eigenvalue weighted by Gasteiger charge is 2.20. The number of nitrogens with zero attached hydrogens (tertiary/aromatic N) is 1. The van der Waals surface area contributed by atoms with Crippen molar-refractivity contribution in [2.45, 2.75) is 12.8 Å². The first-order valence-electron chi connectivity index (χ1n) is 7.09. The minimum atomic E-state index is -0.398. The molecule has 2 heterocycles. The van der Waals surface area contributed by atoms with E-state index in [0.29, 0.717) is 15.4 Å². The summed E-state index contributed by atoms with van der Waals surface area (Å²) < 4.78 is 0. The van der Waals surface area contributed by atoms with Crippen LogP contribution in [0.5, 0.6) is 0 Å². The van der Waals surface area contributed by atoms with E-state index < -0.39 is 5.91 Å². The maximum absolute atomic E-state index is 12.2. The van der Waals surface area contributed by atoms with Crippen molar-refractivity contribution in [2.75, 3.05) is 19.6 Å². The van der Waals surface area contributed by atoms with E-state index >= 15 is 0 Å². The van der Waals surface area contributed by atoms with Gasteiger partial charge in [-0.1, -0.05) is 23.2 Å². The molecule has 0 bridgehead atoms. The van der Waals surface area contributed by atoms with Crippen LogP contribution in [0.4, 0.5) is 0 Å². The van der Waals surface area contributed by atoms with Gasteiger partial charge < -0.3 is 15.2 Å². The first kappa shape index (κ1) is 15.2. The molecule has 22 heavy (non-hydrogen) atoms. The van der Waals surface area contributed by atoms with Crippen molar-refractivity contribution in [1.29, 1.82) is 0 Å². The van der Waals surface area contributed by atoms with Crippen molar-refractivity contribution in [1.82, 2.24) is 15.2 Å². The third kappa shape index (κ3) is 2.91. The number of H-pyrrole nitrogens is 1. The molecule has 1 aliphatic rings. The number of carbonyl (C=O) groups is 2. The van der Waals surface area contributed by atoms with Crippen LogP contribution in [-0.4, -0.2) is 41.3 Å². The molecular formula is C15H15Cl2N3O2. The Balaban J connectivity index is 1.72. The van der Waals surface area contributed by atoms with E-state index in [2.05, 4.69) is 10.3 Å². The van der Waals surface area contributed by atoms with Crippen molar-refractivity contribution in [3.05, 3.63) is 33.9 Å². The van der Waals surface area contributed by atoms with Crippen LogP contribution in [0.3, 0.4) is 0 Å². The summed E-state index contributed by atoms with van der Waals surface area (Å²) in [4.78, 5) is 28.9. The topological polar surface area (TPSA) is 65.2 Å². The molecule has 0 spiro atoms. The van der Waals surface area contributed by atoms with Gasteiger partial charge in [-0.05, 0) is 31.0 Å². The Hall–Kier alpha value is -1.72. The zero-order chi connectivity index (χ0) is 15.7. The summed E-state index contributed by atoms with van der Waals surface area (Å²) in [6.07, 6.45) is 2.04. The lowest BCUT2D eigenvalue weighted by molar-refractivity contribution is -0.129. The van der Waals surface area contributed by atoms with Gasteiger partial charge in [0.15, 0.2) is 0 Å². The van der Waals surface area contributed by atoms with Crippen molar-refractivity contribution < 1.29 is 9.59 Å². The fourth-order valence-electron chi connectivity index (χ4n) is 2.61. The van der Waals surface area contributed by atoms with Crippen molar-refractivity contribution in [2.24, 2.45) is 0 Å². The van der Waals surface area contributed by atoms with Crippen LogP contribution in [0.25, 0.3) is 10.9 Å². The lowest BCUT2D eigenvalue weighted by Crippen LogP contribution is -2.38. The summed E-state index contributed by atoms with van der Waals surface area (Å²) in [7, 11) is 0. The number of rotatable bonds is 3. The Morgan fingerprint density at radius 1 is 1.23 bits per heavy atom.